The van der Waals surface area contributed by atoms with Gasteiger partial charge in [-0.2, -0.15) is 0 Å². The SMILES string of the molecule is CCc1onc(C)c1-c1cccc([C@@H]2CN(C(=O)c3ocnc3C)CCO2)n1. The van der Waals surface area contributed by atoms with Gasteiger partial charge in [-0.15, -0.1) is 0 Å². The van der Waals surface area contributed by atoms with Crippen molar-refractivity contribution in [2.45, 2.75) is 33.3 Å². The van der Waals surface area contributed by atoms with Crippen LogP contribution in [0.3, 0.4) is 0 Å². The van der Waals surface area contributed by atoms with Crippen LogP contribution in [0.25, 0.3) is 11.3 Å². The molecule has 3 aromatic rings. The maximum atomic E-state index is 12.7. The molecule has 0 unspecified atom stereocenters. The van der Waals surface area contributed by atoms with E-state index in [2.05, 4.69) is 10.1 Å². The van der Waals surface area contributed by atoms with E-state index in [1.807, 2.05) is 32.0 Å². The highest BCUT2D eigenvalue weighted by Crippen LogP contribution is 2.29. The quantitative estimate of drug-likeness (QED) is 0.684. The Morgan fingerprint density at radius 1 is 1.29 bits per heavy atom. The zero-order valence-corrected chi connectivity index (χ0v) is 16.1. The van der Waals surface area contributed by atoms with Crippen LogP contribution >= 0.6 is 0 Å². The van der Waals surface area contributed by atoms with Crippen LogP contribution in [-0.2, 0) is 11.2 Å². The molecule has 4 heterocycles. The lowest BCUT2D eigenvalue weighted by molar-refractivity contribution is -0.0256. The first kappa shape index (κ1) is 18.4. The van der Waals surface area contributed by atoms with Gasteiger partial charge in [-0.25, -0.2) is 9.97 Å². The number of pyridine rings is 1. The molecule has 28 heavy (non-hydrogen) atoms. The molecule has 1 aliphatic rings. The summed E-state index contributed by atoms with van der Waals surface area (Å²) in [4.78, 5) is 23.2. The van der Waals surface area contributed by atoms with Gasteiger partial charge in [-0.1, -0.05) is 18.1 Å². The maximum Gasteiger partial charge on any atom is 0.291 e. The Balaban J connectivity index is 1.58. The van der Waals surface area contributed by atoms with Gasteiger partial charge in [0.15, 0.2) is 6.39 Å². The van der Waals surface area contributed by atoms with Crippen LogP contribution in [0.2, 0.25) is 0 Å². The highest BCUT2D eigenvalue weighted by atomic mass is 16.5. The first-order valence-corrected chi connectivity index (χ1v) is 9.32. The molecule has 0 radical (unpaired) electrons. The molecule has 3 aromatic heterocycles. The van der Waals surface area contributed by atoms with Crippen LogP contribution in [0.5, 0.6) is 0 Å². The smallest absolute Gasteiger partial charge is 0.291 e. The van der Waals surface area contributed by atoms with Crippen molar-refractivity contribution in [2.24, 2.45) is 0 Å². The van der Waals surface area contributed by atoms with Crippen molar-refractivity contribution in [1.82, 2.24) is 20.0 Å². The fourth-order valence-corrected chi connectivity index (χ4v) is 3.42. The lowest BCUT2D eigenvalue weighted by atomic mass is 10.1. The Morgan fingerprint density at radius 3 is 2.89 bits per heavy atom. The van der Waals surface area contributed by atoms with E-state index in [4.69, 9.17) is 18.7 Å². The molecule has 0 aliphatic carbocycles. The number of hydrogen-bond acceptors (Lipinski definition) is 7. The Morgan fingerprint density at radius 2 is 2.14 bits per heavy atom. The number of aromatic nitrogens is 3. The second-order valence-electron chi connectivity index (χ2n) is 6.74. The highest BCUT2D eigenvalue weighted by Gasteiger charge is 2.30. The van der Waals surface area contributed by atoms with Gasteiger partial charge in [0.2, 0.25) is 5.76 Å². The topological polar surface area (TPSA) is 94.5 Å². The fraction of sp³-hybridized carbons (Fsp3) is 0.400. The van der Waals surface area contributed by atoms with E-state index in [0.717, 1.165) is 34.8 Å². The maximum absolute atomic E-state index is 12.7. The van der Waals surface area contributed by atoms with Crippen LogP contribution in [0.4, 0.5) is 0 Å². The molecular formula is C20H22N4O4. The Labute approximate surface area is 162 Å². The third-order valence-electron chi connectivity index (χ3n) is 4.90. The molecule has 0 saturated carbocycles. The number of oxazole rings is 1. The predicted molar refractivity (Wildman–Crippen MR) is 99.7 cm³/mol. The molecule has 1 aliphatic heterocycles. The summed E-state index contributed by atoms with van der Waals surface area (Å²) in [7, 11) is 0. The molecule has 4 rings (SSSR count). The second-order valence-corrected chi connectivity index (χ2v) is 6.74. The van der Waals surface area contributed by atoms with Gasteiger partial charge in [0, 0.05) is 13.0 Å². The molecule has 0 aromatic carbocycles. The van der Waals surface area contributed by atoms with Crippen molar-refractivity contribution in [2.75, 3.05) is 19.7 Å². The Hall–Kier alpha value is -3.00. The highest BCUT2D eigenvalue weighted by molar-refractivity contribution is 5.92. The van der Waals surface area contributed by atoms with E-state index in [-0.39, 0.29) is 17.8 Å². The summed E-state index contributed by atoms with van der Waals surface area (Å²) in [6.45, 7) is 7.02. The first-order chi connectivity index (χ1) is 13.6. The number of carbonyl (C=O) groups is 1. The largest absolute Gasteiger partial charge is 0.438 e. The molecule has 1 atom stereocenters. The molecule has 1 amide bonds. The number of ether oxygens (including phenoxy) is 1. The zero-order valence-electron chi connectivity index (χ0n) is 16.1. The fourth-order valence-electron chi connectivity index (χ4n) is 3.42. The van der Waals surface area contributed by atoms with E-state index in [1.54, 1.807) is 11.8 Å². The minimum Gasteiger partial charge on any atom is -0.438 e. The van der Waals surface area contributed by atoms with Crippen LogP contribution in [0, 0.1) is 13.8 Å². The molecule has 0 bridgehead atoms. The van der Waals surface area contributed by atoms with Gasteiger partial charge in [0.1, 0.15) is 11.9 Å². The standard InChI is InChI=1S/C20H22N4O4/c1-4-16-18(12(2)23-28-16)15-7-5-6-14(22-15)17-10-24(8-9-26-17)20(25)19-13(3)21-11-27-19/h5-7,11,17H,4,8-10H2,1-3H3/t17-/m0/s1. The number of morpholine rings is 1. The van der Waals surface area contributed by atoms with Gasteiger partial charge < -0.3 is 18.6 Å². The van der Waals surface area contributed by atoms with Gasteiger partial charge >= 0.3 is 0 Å². The summed E-state index contributed by atoms with van der Waals surface area (Å²) in [6, 6.07) is 5.79. The summed E-state index contributed by atoms with van der Waals surface area (Å²) >= 11 is 0. The molecule has 0 N–H and O–H groups in total. The summed E-state index contributed by atoms with van der Waals surface area (Å²) < 4.78 is 16.6. The Kier molecular flexibility index (Phi) is 4.95. The minimum absolute atomic E-state index is 0.178. The van der Waals surface area contributed by atoms with Crippen LogP contribution < -0.4 is 0 Å². The lowest BCUT2D eigenvalue weighted by Crippen LogP contribution is -2.42. The van der Waals surface area contributed by atoms with Crippen molar-refractivity contribution in [3.05, 3.63) is 53.2 Å². The molecule has 146 valence electrons. The van der Waals surface area contributed by atoms with Gasteiger partial charge in [-0.05, 0) is 26.0 Å². The number of rotatable bonds is 4. The third-order valence-corrected chi connectivity index (χ3v) is 4.90. The number of carbonyl (C=O) groups excluding carboxylic acids is 1. The van der Waals surface area contributed by atoms with E-state index in [0.29, 0.717) is 25.4 Å². The molecule has 8 heteroatoms. The Bertz CT molecular complexity index is 994. The summed E-state index contributed by atoms with van der Waals surface area (Å²) in [5.74, 6) is 0.905. The van der Waals surface area contributed by atoms with Crippen molar-refractivity contribution in [1.29, 1.82) is 0 Å². The molecule has 8 nitrogen and oxygen atoms in total. The zero-order chi connectivity index (χ0) is 19.7. The monoisotopic (exact) mass is 382 g/mol. The van der Waals surface area contributed by atoms with Crippen LogP contribution in [0.1, 0.15) is 46.4 Å². The van der Waals surface area contributed by atoms with E-state index in [1.165, 1.54) is 6.39 Å². The average Bonchev–Trinajstić information content (AvgIpc) is 3.32. The summed E-state index contributed by atoms with van der Waals surface area (Å²) in [5.41, 5.74) is 3.88. The predicted octanol–water partition coefficient (Wildman–Crippen LogP) is 3.12. The van der Waals surface area contributed by atoms with Crippen molar-refractivity contribution < 1.29 is 18.5 Å². The van der Waals surface area contributed by atoms with Crippen molar-refractivity contribution in [3.63, 3.8) is 0 Å². The number of nitrogens with zero attached hydrogens (tertiary/aromatic N) is 4. The number of amides is 1. The van der Waals surface area contributed by atoms with E-state index in [9.17, 15) is 4.79 Å². The molecular weight excluding hydrogens is 360 g/mol. The van der Waals surface area contributed by atoms with Crippen LogP contribution in [0.15, 0.2) is 33.5 Å². The minimum atomic E-state index is -0.314. The summed E-state index contributed by atoms with van der Waals surface area (Å²) in [6.07, 6.45) is 1.71. The number of hydrogen-bond donors (Lipinski definition) is 0. The van der Waals surface area contributed by atoms with Gasteiger partial charge in [0.25, 0.3) is 5.91 Å². The lowest BCUT2D eigenvalue weighted by Gasteiger charge is -2.32. The average molecular weight is 382 g/mol. The first-order valence-electron chi connectivity index (χ1n) is 9.32. The second kappa shape index (κ2) is 7.55. The van der Waals surface area contributed by atoms with Crippen molar-refractivity contribution in [3.8, 4) is 11.3 Å². The number of aryl methyl sites for hydroxylation is 3. The summed E-state index contributed by atoms with van der Waals surface area (Å²) in [5, 5.41) is 4.06. The van der Waals surface area contributed by atoms with E-state index >= 15 is 0 Å². The molecule has 0 spiro atoms. The van der Waals surface area contributed by atoms with Crippen molar-refractivity contribution >= 4 is 5.91 Å². The van der Waals surface area contributed by atoms with Crippen LogP contribution in [-0.4, -0.2) is 45.6 Å². The van der Waals surface area contributed by atoms with Gasteiger partial charge in [0.05, 0.1) is 41.5 Å². The van der Waals surface area contributed by atoms with Gasteiger partial charge in [-0.3, -0.25) is 4.79 Å². The normalized spacial score (nSPS) is 17.1. The molecule has 1 fully saturated rings. The third kappa shape index (κ3) is 3.31. The molecule has 1 saturated heterocycles. The van der Waals surface area contributed by atoms with E-state index < -0.39 is 0 Å².